The van der Waals surface area contributed by atoms with E-state index in [2.05, 4.69) is 4.99 Å². The van der Waals surface area contributed by atoms with Gasteiger partial charge in [0.2, 0.25) is 0 Å². The van der Waals surface area contributed by atoms with Crippen molar-refractivity contribution in [2.45, 2.75) is 19.8 Å². The van der Waals surface area contributed by atoms with Gasteiger partial charge in [0.25, 0.3) is 0 Å². The van der Waals surface area contributed by atoms with Crippen LogP contribution in [0.3, 0.4) is 0 Å². The third kappa shape index (κ3) is 5.26. The van der Waals surface area contributed by atoms with Gasteiger partial charge < -0.3 is 10.1 Å². The topological polar surface area (TPSA) is 69.3 Å². The third-order valence-electron chi connectivity index (χ3n) is 1.03. The van der Waals surface area contributed by atoms with Crippen molar-refractivity contribution in [3.8, 4) is 0 Å². The zero-order valence-corrected chi connectivity index (χ0v) is 6.85. The number of amidine groups is 1. The molecule has 0 bridgehead atoms. The lowest BCUT2D eigenvalue weighted by Crippen LogP contribution is -2.03. The van der Waals surface area contributed by atoms with Crippen LogP contribution in [0.4, 0.5) is 0 Å². The summed E-state index contributed by atoms with van der Waals surface area (Å²) < 4.78 is 4.87. The number of aliphatic imine (C=N–C) groups is 1. The highest BCUT2D eigenvalue weighted by Crippen LogP contribution is 1.92. The van der Waals surface area contributed by atoms with Gasteiger partial charge in [-0.05, 0) is 19.6 Å². The van der Waals surface area contributed by atoms with Gasteiger partial charge in [-0.3, -0.25) is 5.41 Å². The lowest BCUT2D eigenvalue weighted by molar-refractivity contribution is 0.392. The van der Waals surface area contributed by atoms with E-state index in [0.717, 1.165) is 0 Å². The Morgan fingerprint density at radius 1 is 1.64 bits per heavy atom. The zero-order chi connectivity index (χ0) is 8.69. The predicted molar refractivity (Wildman–Crippen MR) is 45.9 cm³/mol. The number of methoxy groups -OCH3 is 1. The van der Waals surface area contributed by atoms with Gasteiger partial charge in [-0.25, -0.2) is 4.99 Å². The van der Waals surface area contributed by atoms with E-state index >= 15 is 0 Å². The van der Waals surface area contributed by atoms with Gasteiger partial charge in [0.15, 0.2) is 5.90 Å². The minimum atomic E-state index is 0.229. The Balaban J connectivity index is 3.93. The van der Waals surface area contributed by atoms with E-state index in [-0.39, 0.29) is 5.84 Å². The van der Waals surface area contributed by atoms with E-state index in [4.69, 9.17) is 15.6 Å². The molecule has 0 aromatic heterocycles. The summed E-state index contributed by atoms with van der Waals surface area (Å²) in [4.78, 5) is 3.81. The van der Waals surface area contributed by atoms with Crippen LogP contribution in [0.5, 0.6) is 0 Å². The van der Waals surface area contributed by atoms with Crippen molar-refractivity contribution in [1.29, 1.82) is 10.8 Å². The van der Waals surface area contributed by atoms with Crippen molar-refractivity contribution in [2.24, 2.45) is 4.99 Å². The highest BCUT2D eigenvalue weighted by atomic mass is 16.5. The summed E-state index contributed by atoms with van der Waals surface area (Å²) in [6.45, 7) is 1.59. The van der Waals surface area contributed by atoms with Gasteiger partial charge in [-0.2, -0.15) is 0 Å². The fourth-order valence-electron chi connectivity index (χ4n) is 0.586. The molecule has 0 aliphatic heterocycles. The van der Waals surface area contributed by atoms with Crippen molar-refractivity contribution in [2.75, 3.05) is 7.11 Å². The van der Waals surface area contributed by atoms with Crippen LogP contribution in [0.1, 0.15) is 19.8 Å². The van der Waals surface area contributed by atoms with E-state index in [1.165, 1.54) is 13.3 Å². The van der Waals surface area contributed by atoms with Gasteiger partial charge >= 0.3 is 0 Å². The molecule has 4 nitrogen and oxygen atoms in total. The van der Waals surface area contributed by atoms with Crippen LogP contribution >= 0.6 is 0 Å². The number of hydrogen-bond acceptors (Lipinski definition) is 3. The minimum absolute atomic E-state index is 0.229. The quantitative estimate of drug-likeness (QED) is 0.470. The Kier molecular flexibility index (Phi) is 4.98. The molecule has 62 valence electrons. The summed E-state index contributed by atoms with van der Waals surface area (Å²) in [6, 6.07) is 0. The minimum Gasteiger partial charge on any atom is -0.484 e. The fourth-order valence-corrected chi connectivity index (χ4v) is 0.586. The molecular weight excluding hydrogens is 142 g/mol. The van der Waals surface area contributed by atoms with Crippen LogP contribution in [-0.4, -0.2) is 25.1 Å². The molecule has 2 N–H and O–H groups in total. The molecule has 11 heavy (non-hydrogen) atoms. The number of hydrogen-bond donors (Lipinski definition) is 2. The Morgan fingerprint density at radius 2 is 2.27 bits per heavy atom. The van der Waals surface area contributed by atoms with Crippen LogP contribution < -0.4 is 0 Å². The summed E-state index contributed by atoms with van der Waals surface area (Å²) in [5.74, 6) is 0.743. The summed E-state index contributed by atoms with van der Waals surface area (Å²) in [5.41, 5.74) is 0. The Hall–Kier alpha value is -1.19. The molecule has 0 heterocycles. The van der Waals surface area contributed by atoms with E-state index < -0.39 is 0 Å². The maximum atomic E-state index is 7.04. The molecule has 0 saturated heterocycles. The molecule has 0 unspecified atom stereocenters. The monoisotopic (exact) mass is 155 g/mol. The predicted octanol–water partition coefficient (Wildman–Crippen LogP) is 1.46. The lowest BCUT2D eigenvalue weighted by atomic mass is 10.3. The second-order valence-electron chi connectivity index (χ2n) is 2.04. The van der Waals surface area contributed by atoms with E-state index in [1.807, 2.05) is 0 Å². The number of nitrogens with one attached hydrogen (secondary N) is 2. The summed E-state index contributed by atoms with van der Waals surface area (Å²) in [6.07, 6.45) is 2.50. The molecule has 0 spiro atoms. The van der Waals surface area contributed by atoms with E-state index in [0.29, 0.717) is 18.7 Å². The van der Waals surface area contributed by atoms with Crippen molar-refractivity contribution >= 4 is 17.9 Å². The van der Waals surface area contributed by atoms with Crippen molar-refractivity contribution in [1.82, 2.24) is 0 Å². The number of nitrogens with zero attached hydrogens (tertiary/aromatic N) is 1. The van der Waals surface area contributed by atoms with Gasteiger partial charge in [-0.1, -0.05) is 0 Å². The summed E-state index contributed by atoms with van der Waals surface area (Å²) in [5, 5.41) is 13.8. The highest BCUT2D eigenvalue weighted by Gasteiger charge is 1.96. The van der Waals surface area contributed by atoms with Crippen LogP contribution in [0.2, 0.25) is 0 Å². The lowest BCUT2D eigenvalue weighted by Gasteiger charge is -2.00. The van der Waals surface area contributed by atoms with Crippen LogP contribution in [0.15, 0.2) is 4.99 Å². The Labute approximate surface area is 66.3 Å². The zero-order valence-electron chi connectivity index (χ0n) is 6.85. The molecular formula is C7H13N3O. The maximum Gasteiger partial charge on any atom is 0.189 e. The van der Waals surface area contributed by atoms with Crippen molar-refractivity contribution in [3.05, 3.63) is 0 Å². The molecule has 0 atom stereocenters. The first-order chi connectivity index (χ1) is 5.20. The largest absolute Gasteiger partial charge is 0.484 e. The van der Waals surface area contributed by atoms with Crippen LogP contribution in [0, 0.1) is 10.8 Å². The standard InChI is InChI=1S/C7H13N3O/c1-6(9)10-7(11-2)4-3-5-8/h5,8-9H,3-4H2,1-2H3. The van der Waals surface area contributed by atoms with E-state index in [9.17, 15) is 0 Å². The Morgan fingerprint density at radius 3 is 2.64 bits per heavy atom. The normalized spacial score (nSPS) is 10.9. The molecule has 0 aromatic carbocycles. The number of rotatable bonds is 3. The molecule has 0 aliphatic carbocycles. The van der Waals surface area contributed by atoms with Gasteiger partial charge in [0, 0.05) is 6.42 Å². The first-order valence-electron chi connectivity index (χ1n) is 3.36. The Bertz CT molecular complexity index is 175. The van der Waals surface area contributed by atoms with Gasteiger partial charge in [-0.15, -0.1) is 0 Å². The van der Waals surface area contributed by atoms with Crippen molar-refractivity contribution in [3.63, 3.8) is 0 Å². The van der Waals surface area contributed by atoms with Gasteiger partial charge in [0.1, 0.15) is 5.84 Å². The second-order valence-corrected chi connectivity index (χ2v) is 2.04. The molecule has 0 saturated carbocycles. The van der Waals surface area contributed by atoms with E-state index in [1.54, 1.807) is 6.92 Å². The molecule has 0 aromatic rings. The highest BCUT2D eigenvalue weighted by molar-refractivity contribution is 5.92. The SMILES string of the molecule is COC(CCC=N)=NC(C)=N. The fraction of sp³-hybridized carbons (Fsp3) is 0.571. The van der Waals surface area contributed by atoms with Crippen LogP contribution in [0.25, 0.3) is 0 Å². The first kappa shape index (κ1) is 9.81. The average Bonchev–Trinajstić information content (AvgIpc) is 1.97. The summed E-state index contributed by atoms with van der Waals surface area (Å²) >= 11 is 0. The second kappa shape index (κ2) is 5.58. The molecule has 0 aliphatic rings. The third-order valence-corrected chi connectivity index (χ3v) is 1.03. The summed E-state index contributed by atoms with van der Waals surface area (Å²) in [7, 11) is 1.52. The number of ether oxygens (including phenoxy) is 1. The first-order valence-corrected chi connectivity index (χ1v) is 3.36. The molecule has 0 rings (SSSR count). The molecule has 4 heteroatoms. The molecule has 0 fully saturated rings. The molecule has 0 radical (unpaired) electrons. The maximum absolute atomic E-state index is 7.04. The smallest absolute Gasteiger partial charge is 0.189 e. The van der Waals surface area contributed by atoms with Gasteiger partial charge in [0.05, 0.1) is 7.11 Å². The van der Waals surface area contributed by atoms with Crippen LogP contribution in [-0.2, 0) is 4.74 Å². The van der Waals surface area contributed by atoms with Crippen molar-refractivity contribution < 1.29 is 4.74 Å². The average molecular weight is 155 g/mol. The molecule has 0 amide bonds.